The zero-order chi connectivity index (χ0) is 17.1. The van der Waals surface area contributed by atoms with Crippen LogP contribution in [0.1, 0.15) is 6.42 Å². The number of anilines is 1. The third-order valence-corrected chi connectivity index (χ3v) is 3.58. The maximum absolute atomic E-state index is 12.8. The summed E-state index contributed by atoms with van der Waals surface area (Å²) in [6, 6.07) is 12.0. The second kappa shape index (κ2) is 6.49. The van der Waals surface area contributed by atoms with Crippen LogP contribution in [0.5, 0.6) is 0 Å². The number of nitrogens with zero attached hydrogens (tertiary/aromatic N) is 1. The lowest BCUT2D eigenvalue weighted by atomic mass is 10.2. The van der Waals surface area contributed by atoms with E-state index in [4.69, 9.17) is 0 Å². The lowest BCUT2D eigenvalue weighted by molar-refractivity contribution is -0.116. The second-order valence-electron chi connectivity index (χ2n) is 5.24. The monoisotopic (exact) mass is 327 g/mol. The number of benzene rings is 2. The Morgan fingerprint density at radius 1 is 1.08 bits per heavy atom. The number of halogens is 1. The van der Waals surface area contributed by atoms with Crippen LogP contribution in [0.3, 0.4) is 0 Å². The van der Waals surface area contributed by atoms with Crippen molar-refractivity contribution < 1.29 is 9.18 Å². The summed E-state index contributed by atoms with van der Waals surface area (Å²) in [4.78, 5) is 38.9. The van der Waals surface area contributed by atoms with Gasteiger partial charge in [-0.15, -0.1) is 0 Å². The average Bonchev–Trinajstić information content (AvgIpc) is 2.57. The van der Waals surface area contributed by atoms with Crippen molar-refractivity contribution in [3.63, 3.8) is 0 Å². The maximum Gasteiger partial charge on any atom is 0.328 e. The van der Waals surface area contributed by atoms with E-state index in [0.29, 0.717) is 16.6 Å². The number of carbonyl (C=O) groups excluding carboxylic acids is 1. The predicted molar refractivity (Wildman–Crippen MR) is 88.5 cm³/mol. The van der Waals surface area contributed by atoms with Gasteiger partial charge in [-0.3, -0.25) is 14.2 Å². The van der Waals surface area contributed by atoms with Crippen molar-refractivity contribution >= 4 is 22.5 Å². The van der Waals surface area contributed by atoms with Gasteiger partial charge in [0.2, 0.25) is 5.91 Å². The quantitative estimate of drug-likeness (QED) is 0.767. The summed E-state index contributed by atoms with van der Waals surface area (Å²) in [5, 5.41) is 2.97. The summed E-state index contributed by atoms with van der Waals surface area (Å²) in [5.74, 6) is -0.775. The fourth-order valence-electron chi connectivity index (χ4n) is 2.37. The highest BCUT2D eigenvalue weighted by atomic mass is 19.1. The first-order valence-electron chi connectivity index (χ1n) is 7.32. The van der Waals surface area contributed by atoms with Crippen LogP contribution in [0, 0.1) is 5.82 Å². The molecule has 24 heavy (non-hydrogen) atoms. The summed E-state index contributed by atoms with van der Waals surface area (Å²) in [6.45, 7) is -0.0496. The lowest BCUT2D eigenvalue weighted by Gasteiger charge is -2.07. The second-order valence-corrected chi connectivity index (χ2v) is 5.24. The number of para-hydroxylation sites is 1. The molecule has 0 spiro atoms. The number of hydrogen-bond acceptors (Lipinski definition) is 3. The standard InChI is InChI=1S/C17H14FN3O3/c18-11-5-7-12(8-6-11)19-15(22)9-10-21-16(23)13-3-1-2-4-14(13)20-17(21)24/h1-8H,9-10H2,(H,19,22)(H,20,24). The van der Waals surface area contributed by atoms with E-state index in [2.05, 4.69) is 10.3 Å². The number of fused-ring (bicyclic) bond motifs is 1. The number of aromatic amines is 1. The zero-order valence-corrected chi connectivity index (χ0v) is 12.6. The minimum absolute atomic E-state index is 0.0496. The van der Waals surface area contributed by atoms with Crippen LogP contribution in [0.2, 0.25) is 0 Å². The molecule has 0 aliphatic rings. The molecule has 0 bridgehead atoms. The molecule has 3 rings (SSSR count). The van der Waals surface area contributed by atoms with E-state index in [9.17, 15) is 18.8 Å². The average molecular weight is 327 g/mol. The number of nitrogens with one attached hydrogen (secondary N) is 2. The number of rotatable bonds is 4. The van der Waals surface area contributed by atoms with Gasteiger partial charge in [-0.1, -0.05) is 12.1 Å². The van der Waals surface area contributed by atoms with E-state index >= 15 is 0 Å². The molecule has 1 aromatic heterocycles. The Bertz CT molecular complexity index is 1010. The van der Waals surface area contributed by atoms with Crippen molar-refractivity contribution in [2.75, 3.05) is 5.32 Å². The summed E-state index contributed by atoms with van der Waals surface area (Å²) in [5.41, 5.74) is -0.0992. The Labute approximate surface area is 135 Å². The number of H-pyrrole nitrogens is 1. The summed E-state index contributed by atoms with van der Waals surface area (Å²) in [6.07, 6.45) is -0.0568. The minimum Gasteiger partial charge on any atom is -0.326 e. The molecule has 0 fully saturated rings. The number of amides is 1. The van der Waals surface area contributed by atoms with Gasteiger partial charge in [0.05, 0.1) is 10.9 Å². The van der Waals surface area contributed by atoms with Crippen LogP contribution in [-0.2, 0) is 11.3 Å². The Hall–Kier alpha value is -3.22. The number of hydrogen-bond donors (Lipinski definition) is 2. The Balaban J connectivity index is 1.76. The molecule has 2 N–H and O–H groups in total. The summed E-state index contributed by atoms with van der Waals surface area (Å²) < 4.78 is 13.8. The molecule has 1 amide bonds. The molecule has 0 radical (unpaired) electrons. The molecule has 0 aliphatic carbocycles. The van der Waals surface area contributed by atoms with E-state index in [1.165, 1.54) is 24.3 Å². The van der Waals surface area contributed by atoms with E-state index in [1.807, 2.05) is 0 Å². The topological polar surface area (TPSA) is 84.0 Å². The van der Waals surface area contributed by atoms with Gasteiger partial charge in [0.25, 0.3) is 5.56 Å². The SMILES string of the molecule is O=C(CCn1c(=O)[nH]c2ccccc2c1=O)Nc1ccc(F)cc1. The molecule has 2 aromatic carbocycles. The van der Waals surface area contributed by atoms with Gasteiger partial charge in [0, 0.05) is 18.7 Å². The van der Waals surface area contributed by atoms with Crippen LogP contribution in [0.15, 0.2) is 58.1 Å². The van der Waals surface area contributed by atoms with Crippen LogP contribution >= 0.6 is 0 Å². The molecule has 3 aromatic rings. The third-order valence-electron chi connectivity index (χ3n) is 3.58. The van der Waals surface area contributed by atoms with Crippen molar-refractivity contribution in [2.24, 2.45) is 0 Å². The zero-order valence-electron chi connectivity index (χ0n) is 12.6. The van der Waals surface area contributed by atoms with Crippen molar-refractivity contribution in [3.05, 3.63) is 75.2 Å². The van der Waals surface area contributed by atoms with Crippen molar-refractivity contribution in [1.82, 2.24) is 9.55 Å². The fourth-order valence-corrected chi connectivity index (χ4v) is 2.37. The van der Waals surface area contributed by atoms with Crippen LogP contribution in [-0.4, -0.2) is 15.5 Å². The molecule has 6 nitrogen and oxygen atoms in total. The third kappa shape index (κ3) is 3.24. The molecule has 7 heteroatoms. The molecule has 0 saturated heterocycles. The maximum atomic E-state index is 12.8. The van der Waals surface area contributed by atoms with Gasteiger partial charge in [-0.05, 0) is 36.4 Å². The molecule has 0 atom stereocenters. The molecule has 0 unspecified atom stereocenters. The Kier molecular flexibility index (Phi) is 4.24. The number of aromatic nitrogens is 2. The Morgan fingerprint density at radius 3 is 2.54 bits per heavy atom. The predicted octanol–water partition coefficient (Wildman–Crippen LogP) is 1.86. The first kappa shape index (κ1) is 15.7. The highest BCUT2D eigenvalue weighted by Crippen LogP contribution is 2.08. The van der Waals surface area contributed by atoms with Crippen LogP contribution < -0.4 is 16.6 Å². The van der Waals surface area contributed by atoms with Gasteiger partial charge in [-0.25, -0.2) is 9.18 Å². The van der Waals surface area contributed by atoms with Gasteiger partial charge < -0.3 is 10.3 Å². The normalized spacial score (nSPS) is 10.7. The largest absolute Gasteiger partial charge is 0.328 e. The van der Waals surface area contributed by atoms with Crippen molar-refractivity contribution in [2.45, 2.75) is 13.0 Å². The molecule has 122 valence electrons. The highest BCUT2D eigenvalue weighted by Gasteiger charge is 2.09. The molecule has 1 heterocycles. The van der Waals surface area contributed by atoms with Crippen molar-refractivity contribution in [1.29, 1.82) is 0 Å². The van der Waals surface area contributed by atoms with Gasteiger partial charge in [-0.2, -0.15) is 0 Å². The first-order valence-corrected chi connectivity index (χ1v) is 7.32. The van der Waals surface area contributed by atoms with Crippen molar-refractivity contribution in [3.8, 4) is 0 Å². The summed E-state index contributed by atoms with van der Waals surface area (Å²) in [7, 11) is 0. The van der Waals surface area contributed by atoms with E-state index < -0.39 is 17.1 Å². The van der Waals surface area contributed by atoms with Crippen LogP contribution in [0.25, 0.3) is 10.9 Å². The highest BCUT2D eigenvalue weighted by molar-refractivity contribution is 5.90. The van der Waals surface area contributed by atoms with Gasteiger partial charge >= 0.3 is 5.69 Å². The van der Waals surface area contributed by atoms with Gasteiger partial charge in [0.15, 0.2) is 0 Å². The summed E-state index contributed by atoms with van der Waals surface area (Å²) >= 11 is 0. The molecule has 0 saturated carbocycles. The Morgan fingerprint density at radius 2 is 1.79 bits per heavy atom. The first-order chi connectivity index (χ1) is 11.5. The lowest BCUT2D eigenvalue weighted by Crippen LogP contribution is -2.36. The minimum atomic E-state index is -0.562. The fraction of sp³-hybridized carbons (Fsp3) is 0.118. The van der Waals surface area contributed by atoms with E-state index in [0.717, 1.165) is 4.57 Å². The molecule has 0 aliphatic heterocycles. The number of carbonyl (C=O) groups is 1. The van der Waals surface area contributed by atoms with E-state index in [-0.39, 0.29) is 18.9 Å². The molecular formula is C17H14FN3O3. The van der Waals surface area contributed by atoms with Crippen LogP contribution in [0.4, 0.5) is 10.1 Å². The van der Waals surface area contributed by atoms with Gasteiger partial charge in [0.1, 0.15) is 5.82 Å². The van der Waals surface area contributed by atoms with E-state index in [1.54, 1.807) is 24.3 Å². The molecular weight excluding hydrogens is 313 g/mol. The smallest absolute Gasteiger partial charge is 0.326 e.